The van der Waals surface area contributed by atoms with Gasteiger partial charge in [0, 0.05) is 50.7 Å². The quantitative estimate of drug-likeness (QED) is 0.419. The Morgan fingerprint density at radius 3 is 2.30 bits per heavy atom. The molecule has 1 aromatic carbocycles. The Bertz CT molecular complexity index is 1080. The SMILES string of the molecule is CCN(CC)S(=O)(=O)c1ccc(N2CCN(Cc3ncc(C(C)(C)C)o3)CC2)c([N+](=O)[O-])c1. The van der Waals surface area contributed by atoms with E-state index in [1.54, 1.807) is 26.1 Å². The Morgan fingerprint density at radius 1 is 1.15 bits per heavy atom. The number of nitrogens with zero attached hydrogens (tertiary/aromatic N) is 5. The summed E-state index contributed by atoms with van der Waals surface area (Å²) in [5.41, 5.74) is 0.136. The smallest absolute Gasteiger partial charge is 0.293 e. The predicted octanol–water partition coefficient (Wildman–Crippen LogP) is 3.23. The predicted molar refractivity (Wildman–Crippen MR) is 126 cm³/mol. The number of aromatic nitrogens is 1. The van der Waals surface area contributed by atoms with Crippen LogP contribution in [0, 0.1) is 10.1 Å². The van der Waals surface area contributed by atoms with E-state index in [0.717, 1.165) is 5.76 Å². The van der Waals surface area contributed by atoms with Gasteiger partial charge in [-0.2, -0.15) is 4.31 Å². The Hall–Kier alpha value is -2.50. The van der Waals surface area contributed by atoms with E-state index in [9.17, 15) is 18.5 Å². The Kier molecular flexibility index (Phi) is 7.45. The van der Waals surface area contributed by atoms with Gasteiger partial charge in [-0.05, 0) is 12.1 Å². The zero-order valence-corrected chi connectivity index (χ0v) is 20.8. The van der Waals surface area contributed by atoms with Crippen LogP contribution in [-0.4, -0.2) is 66.8 Å². The van der Waals surface area contributed by atoms with Crippen LogP contribution in [0.25, 0.3) is 0 Å². The number of nitro groups is 1. The van der Waals surface area contributed by atoms with Gasteiger partial charge in [0.25, 0.3) is 5.69 Å². The number of oxazole rings is 1. The van der Waals surface area contributed by atoms with Crippen molar-refractivity contribution in [2.45, 2.75) is 51.5 Å². The lowest BCUT2D eigenvalue weighted by molar-refractivity contribution is -0.384. The monoisotopic (exact) mass is 479 g/mol. The van der Waals surface area contributed by atoms with E-state index in [2.05, 4.69) is 30.7 Å². The maximum absolute atomic E-state index is 12.8. The van der Waals surface area contributed by atoms with Gasteiger partial charge >= 0.3 is 0 Å². The first kappa shape index (κ1) is 25.1. The highest BCUT2D eigenvalue weighted by Gasteiger charge is 2.29. The third-order valence-corrected chi connectivity index (χ3v) is 7.90. The molecule has 11 heteroatoms. The van der Waals surface area contributed by atoms with Crippen LogP contribution in [0.15, 0.2) is 33.7 Å². The topological polar surface area (TPSA) is 113 Å². The first-order chi connectivity index (χ1) is 15.5. The molecule has 182 valence electrons. The second kappa shape index (κ2) is 9.78. The van der Waals surface area contributed by atoms with Gasteiger partial charge in [-0.15, -0.1) is 0 Å². The minimum atomic E-state index is -3.77. The molecule has 1 aliphatic rings. The first-order valence-corrected chi connectivity index (χ1v) is 12.6. The van der Waals surface area contributed by atoms with Gasteiger partial charge in [-0.25, -0.2) is 13.4 Å². The molecule has 1 saturated heterocycles. The van der Waals surface area contributed by atoms with Crippen LogP contribution in [0.4, 0.5) is 11.4 Å². The minimum absolute atomic E-state index is 0.0566. The molecule has 10 nitrogen and oxygen atoms in total. The molecule has 1 fully saturated rings. The van der Waals surface area contributed by atoms with Gasteiger partial charge in [-0.1, -0.05) is 34.6 Å². The van der Waals surface area contributed by atoms with E-state index in [0.29, 0.717) is 57.4 Å². The van der Waals surface area contributed by atoms with Gasteiger partial charge in [-0.3, -0.25) is 15.0 Å². The molecule has 3 rings (SSSR count). The summed E-state index contributed by atoms with van der Waals surface area (Å²) in [6.07, 6.45) is 1.77. The standard InChI is InChI=1S/C22H33N5O5S/c1-6-26(7-2)33(30,31)17-8-9-18(19(14-17)27(28)29)25-12-10-24(11-13-25)16-21-23-15-20(32-21)22(3,4)5/h8-9,14-15H,6-7,10-13,16H2,1-5H3. The molecule has 0 bridgehead atoms. The van der Waals surface area contributed by atoms with Gasteiger partial charge in [0.05, 0.1) is 22.6 Å². The summed E-state index contributed by atoms with van der Waals surface area (Å²) in [5, 5.41) is 11.8. The summed E-state index contributed by atoms with van der Waals surface area (Å²) in [6.45, 7) is 13.4. The highest BCUT2D eigenvalue weighted by molar-refractivity contribution is 7.89. The average molecular weight is 480 g/mol. The van der Waals surface area contributed by atoms with Crippen molar-refractivity contribution in [2.75, 3.05) is 44.2 Å². The molecule has 2 aromatic rings. The summed E-state index contributed by atoms with van der Waals surface area (Å²) in [4.78, 5) is 19.7. The summed E-state index contributed by atoms with van der Waals surface area (Å²) < 4.78 is 32.8. The number of piperazine rings is 1. The molecular formula is C22H33N5O5S. The van der Waals surface area contributed by atoms with Crippen molar-refractivity contribution in [3.63, 3.8) is 0 Å². The third-order valence-electron chi connectivity index (χ3n) is 5.85. The van der Waals surface area contributed by atoms with Gasteiger partial charge in [0.2, 0.25) is 15.9 Å². The number of anilines is 1. The average Bonchev–Trinajstić information content (AvgIpc) is 3.23. The lowest BCUT2D eigenvalue weighted by Crippen LogP contribution is -2.46. The van der Waals surface area contributed by atoms with Crippen LogP contribution in [0.2, 0.25) is 0 Å². The fourth-order valence-electron chi connectivity index (χ4n) is 3.86. The summed E-state index contributed by atoms with van der Waals surface area (Å²) in [5.74, 6) is 1.50. The van der Waals surface area contributed by atoms with Crippen molar-refractivity contribution >= 4 is 21.4 Å². The largest absolute Gasteiger partial charge is 0.444 e. The number of sulfonamides is 1. The fourth-order valence-corrected chi connectivity index (χ4v) is 5.34. The summed E-state index contributed by atoms with van der Waals surface area (Å²) in [7, 11) is -3.77. The second-order valence-electron chi connectivity index (χ2n) is 9.13. The Morgan fingerprint density at radius 2 is 1.79 bits per heavy atom. The molecule has 0 unspecified atom stereocenters. The maximum Gasteiger partial charge on any atom is 0.293 e. The number of hydrogen-bond donors (Lipinski definition) is 0. The Labute approximate surface area is 195 Å². The molecule has 33 heavy (non-hydrogen) atoms. The van der Waals surface area contributed by atoms with Gasteiger partial charge in [0.15, 0.2) is 0 Å². The zero-order valence-electron chi connectivity index (χ0n) is 19.9. The van der Waals surface area contributed by atoms with E-state index in [-0.39, 0.29) is 16.0 Å². The number of benzene rings is 1. The first-order valence-electron chi connectivity index (χ1n) is 11.2. The second-order valence-corrected chi connectivity index (χ2v) is 11.1. The van der Waals surface area contributed by atoms with E-state index in [1.807, 2.05) is 4.90 Å². The molecule has 1 aliphatic heterocycles. The minimum Gasteiger partial charge on any atom is -0.444 e. The fraction of sp³-hybridized carbons (Fsp3) is 0.591. The molecule has 0 atom stereocenters. The number of hydrogen-bond acceptors (Lipinski definition) is 8. The lowest BCUT2D eigenvalue weighted by atomic mass is 9.94. The summed E-state index contributed by atoms with van der Waals surface area (Å²) in [6, 6.07) is 4.19. The van der Waals surface area contributed by atoms with E-state index in [4.69, 9.17) is 4.42 Å². The lowest BCUT2D eigenvalue weighted by Gasteiger charge is -2.35. The highest BCUT2D eigenvalue weighted by atomic mass is 32.2. The Balaban J connectivity index is 1.73. The van der Waals surface area contributed by atoms with Crippen LogP contribution in [0.1, 0.15) is 46.3 Å². The van der Waals surface area contributed by atoms with Crippen LogP contribution >= 0.6 is 0 Å². The molecule has 0 amide bonds. The number of nitro benzene ring substituents is 1. The van der Waals surface area contributed by atoms with Crippen molar-refractivity contribution in [3.8, 4) is 0 Å². The molecule has 2 heterocycles. The summed E-state index contributed by atoms with van der Waals surface area (Å²) >= 11 is 0. The van der Waals surface area contributed by atoms with Crippen LogP contribution in [-0.2, 0) is 22.0 Å². The zero-order chi connectivity index (χ0) is 24.4. The van der Waals surface area contributed by atoms with Crippen LogP contribution in [0.3, 0.4) is 0 Å². The van der Waals surface area contributed by atoms with Crippen LogP contribution in [0.5, 0.6) is 0 Å². The van der Waals surface area contributed by atoms with E-state index in [1.165, 1.54) is 16.4 Å². The molecule has 0 spiro atoms. The van der Waals surface area contributed by atoms with Crippen molar-refractivity contribution in [1.82, 2.24) is 14.2 Å². The van der Waals surface area contributed by atoms with Gasteiger partial charge in [0.1, 0.15) is 11.4 Å². The van der Waals surface area contributed by atoms with Crippen molar-refractivity contribution in [1.29, 1.82) is 0 Å². The van der Waals surface area contributed by atoms with Gasteiger partial charge < -0.3 is 9.32 Å². The molecule has 0 N–H and O–H groups in total. The molecule has 0 saturated carbocycles. The molecular weight excluding hydrogens is 446 g/mol. The third kappa shape index (κ3) is 5.53. The van der Waals surface area contributed by atoms with Crippen LogP contribution < -0.4 is 4.90 Å². The molecule has 1 aromatic heterocycles. The van der Waals surface area contributed by atoms with Crippen molar-refractivity contribution in [3.05, 3.63) is 46.2 Å². The highest BCUT2D eigenvalue weighted by Crippen LogP contribution is 2.32. The molecule has 0 radical (unpaired) electrons. The number of rotatable bonds is 8. The molecule has 0 aliphatic carbocycles. The maximum atomic E-state index is 12.8. The normalized spacial score (nSPS) is 15.9. The van der Waals surface area contributed by atoms with Crippen molar-refractivity contribution < 1.29 is 17.8 Å². The van der Waals surface area contributed by atoms with E-state index >= 15 is 0 Å². The van der Waals surface area contributed by atoms with Crippen molar-refractivity contribution in [2.24, 2.45) is 0 Å². The van der Waals surface area contributed by atoms with E-state index < -0.39 is 14.9 Å².